The zero-order valence-electron chi connectivity index (χ0n) is 35.9. The predicted molar refractivity (Wildman–Crippen MR) is 235 cm³/mol. The molecule has 0 rings (SSSR count). The van der Waals surface area contributed by atoms with Crippen LogP contribution in [0.2, 0.25) is 0 Å². The van der Waals surface area contributed by atoms with Gasteiger partial charge >= 0.3 is 25.7 Å². The van der Waals surface area contributed by atoms with Crippen molar-refractivity contribution in [1.29, 1.82) is 0 Å². The summed E-state index contributed by atoms with van der Waals surface area (Å²) in [5, 5.41) is 8.89. The first-order valence-electron chi connectivity index (χ1n) is 22.0. The Hall–Kier alpha value is -3.08. The molecule has 0 heterocycles. The van der Waals surface area contributed by atoms with Gasteiger partial charge in [-0.15, -0.1) is 0 Å². The SMILES string of the molecule is CCCCC/C=C/C/C=C/C/C=C/C/C=C/CCCCCC(=O)O[C@H](COC(=O)CCCCCCC/C=C/C/C=C/CCCCC)COP(=O)(O)OC[C@H](N)C(=O)O. The molecule has 0 saturated carbocycles. The third-order valence-corrected chi connectivity index (χ3v) is 9.88. The number of carboxylic acids is 1. The zero-order valence-corrected chi connectivity index (χ0v) is 36.8. The normalized spacial score (nSPS) is 14.4. The van der Waals surface area contributed by atoms with E-state index in [0.29, 0.717) is 12.8 Å². The molecule has 0 aliphatic carbocycles. The summed E-state index contributed by atoms with van der Waals surface area (Å²) in [6, 6.07) is -1.53. The van der Waals surface area contributed by atoms with Crippen molar-refractivity contribution in [3.63, 3.8) is 0 Å². The van der Waals surface area contributed by atoms with Crippen molar-refractivity contribution in [2.45, 2.75) is 180 Å². The number of rotatable bonds is 40. The summed E-state index contributed by atoms with van der Waals surface area (Å²) in [4.78, 5) is 46.0. The third kappa shape index (κ3) is 39.7. The van der Waals surface area contributed by atoms with Gasteiger partial charge in [-0.3, -0.25) is 23.4 Å². The monoisotopic (exact) mass is 836 g/mol. The maximum atomic E-state index is 12.6. The van der Waals surface area contributed by atoms with E-state index in [4.69, 9.17) is 24.8 Å². The molecule has 0 aromatic rings. The molecule has 12 heteroatoms. The Kier molecular flexibility index (Phi) is 38.5. The number of allylic oxidation sites excluding steroid dienone is 12. The number of hydrogen-bond donors (Lipinski definition) is 3. The molecule has 0 fully saturated rings. The quantitative estimate of drug-likeness (QED) is 0.0232. The van der Waals surface area contributed by atoms with Gasteiger partial charge in [0.15, 0.2) is 6.10 Å². The van der Waals surface area contributed by atoms with Crippen LogP contribution in [0.15, 0.2) is 72.9 Å². The van der Waals surface area contributed by atoms with Gasteiger partial charge < -0.3 is 25.2 Å². The van der Waals surface area contributed by atoms with Crippen LogP contribution in [-0.2, 0) is 37.5 Å². The molecule has 0 radical (unpaired) electrons. The van der Waals surface area contributed by atoms with Gasteiger partial charge in [0.25, 0.3) is 0 Å². The second-order valence-corrected chi connectivity index (χ2v) is 15.9. The number of phosphoric acid groups is 1. The van der Waals surface area contributed by atoms with Gasteiger partial charge in [0.1, 0.15) is 12.6 Å². The number of carboxylic acid groups (broad SMARTS) is 1. The minimum atomic E-state index is -4.73. The van der Waals surface area contributed by atoms with Gasteiger partial charge in [-0.05, 0) is 89.9 Å². The number of carbonyl (C=O) groups is 3. The maximum absolute atomic E-state index is 12.6. The number of carbonyl (C=O) groups excluding carboxylic acids is 2. The van der Waals surface area contributed by atoms with Gasteiger partial charge in [-0.2, -0.15) is 0 Å². The van der Waals surface area contributed by atoms with E-state index in [1.165, 1.54) is 44.9 Å². The Balaban J connectivity index is 4.47. The molecule has 11 nitrogen and oxygen atoms in total. The minimum absolute atomic E-state index is 0.117. The van der Waals surface area contributed by atoms with Gasteiger partial charge in [0.05, 0.1) is 13.2 Å². The largest absolute Gasteiger partial charge is 0.480 e. The van der Waals surface area contributed by atoms with Crippen LogP contribution in [0, 0.1) is 0 Å². The molecular weight excluding hydrogens is 757 g/mol. The predicted octanol–water partition coefficient (Wildman–Crippen LogP) is 11.7. The lowest BCUT2D eigenvalue weighted by atomic mass is 10.1. The highest BCUT2D eigenvalue weighted by atomic mass is 31.2. The number of aliphatic carboxylic acids is 1. The Morgan fingerprint density at radius 3 is 1.38 bits per heavy atom. The van der Waals surface area contributed by atoms with E-state index in [9.17, 15) is 23.8 Å². The first-order chi connectivity index (χ1) is 28.1. The van der Waals surface area contributed by atoms with Crippen molar-refractivity contribution >= 4 is 25.7 Å². The molecule has 0 bridgehead atoms. The van der Waals surface area contributed by atoms with E-state index < -0.39 is 51.1 Å². The second-order valence-electron chi connectivity index (χ2n) is 14.5. The molecule has 1 unspecified atom stereocenters. The number of esters is 2. The Morgan fingerprint density at radius 1 is 0.534 bits per heavy atom. The second kappa shape index (κ2) is 40.7. The molecule has 4 N–H and O–H groups in total. The zero-order chi connectivity index (χ0) is 42.8. The fourth-order valence-corrected chi connectivity index (χ4v) is 6.21. The van der Waals surface area contributed by atoms with Crippen LogP contribution in [0.5, 0.6) is 0 Å². The summed E-state index contributed by atoms with van der Waals surface area (Å²) in [6.45, 7) is 2.69. The van der Waals surface area contributed by atoms with Crippen LogP contribution in [-0.4, -0.2) is 59.9 Å². The third-order valence-electron chi connectivity index (χ3n) is 8.93. The molecule has 0 aromatic carbocycles. The van der Waals surface area contributed by atoms with Gasteiger partial charge in [0.2, 0.25) is 0 Å². The summed E-state index contributed by atoms with van der Waals surface area (Å²) < 4.78 is 32.7. The highest BCUT2D eigenvalue weighted by Gasteiger charge is 2.28. The highest BCUT2D eigenvalue weighted by molar-refractivity contribution is 7.47. The fraction of sp³-hybridized carbons (Fsp3) is 0.674. The Bertz CT molecular complexity index is 1260. The molecule has 0 spiro atoms. The minimum Gasteiger partial charge on any atom is -0.480 e. The number of phosphoric ester groups is 1. The van der Waals surface area contributed by atoms with Crippen molar-refractivity contribution in [2.75, 3.05) is 19.8 Å². The lowest BCUT2D eigenvalue weighted by Crippen LogP contribution is -2.34. The topological polar surface area (TPSA) is 172 Å². The lowest BCUT2D eigenvalue weighted by molar-refractivity contribution is -0.161. The van der Waals surface area contributed by atoms with Gasteiger partial charge in [-0.1, -0.05) is 138 Å². The number of nitrogens with two attached hydrogens (primary N) is 1. The number of hydrogen-bond acceptors (Lipinski definition) is 9. The van der Waals surface area contributed by atoms with Crippen LogP contribution >= 0.6 is 7.82 Å². The first kappa shape index (κ1) is 54.9. The molecule has 0 aliphatic rings. The van der Waals surface area contributed by atoms with Crippen molar-refractivity contribution in [1.82, 2.24) is 0 Å². The molecular formula is C46H78NO10P. The standard InChI is InChI=1S/C46H78NO10P/c1-3-5-7-9-11-13-15-17-19-20-21-22-24-26-28-30-32-34-36-38-45(49)57-42(40-55-58(52,53)56-41-43(47)46(50)51)39-54-44(48)37-35-33-31-29-27-25-23-18-16-14-12-10-8-6-4-2/h11-14,17-19,21-23,26,28,42-43H,3-10,15-16,20,24-25,27,29-41,47H2,1-2H3,(H,50,51)(H,52,53)/b13-11+,14-12+,19-17+,22-21+,23-18+,28-26+/t42-,43+/m1/s1. The molecule has 0 aromatic heterocycles. The average molecular weight is 836 g/mol. The van der Waals surface area contributed by atoms with E-state index in [-0.39, 0.29) is 19.4 Å². The molecule has 332 valence electrons. The summed E-state index contributed by atoms with van der Waals surface area (Å²) in [6.07, 6.45) is 48.2. The number of unbranched alkanes of at least 4 members (excludes halogenated alkanes) is 14. The van der Waals surface area contributed by atoms with E-state index in [1.54, 1.807) is 0 Å². The van der Waals surface area contributed by atoms with Crippen LogP contribution in [0.25, 0.3) is 0 Å². The lowest BCUT2D eigenvalue weighted by Gasteiger charge is -2.20. The van der Waals surface area contributed by atoms with Gasteiger partial charge in [0, 0.05) is 12.8 Å². The van der Waals surface area contributed by atoms with Crippen molar-refractivity contribution < 1.29 is 47.5 Å². The highest BCUT2D eigenvalue weighted by Crippen LogP contribution is 2.43. The molecule has 3 atom stereocenters. The summed E-state index contributed by atoms with van der Waals surface area (Å²) in [7, 11) is -4.73. The number of ether oxygens (including phenoxy) is 2. The van der Waals surface area contributed by atoms with Crippen LogP contribution in [0.4, 0.5) is 0 Å². The Labute approximate surface area is 350 Å². The fourth-order valence-electron chi connectivity index (χ4n) is 5.43. The first-order valence-corrected chi connectivity index (χ1v) is 23.5. The van der Waals surface area contributed by atoms with E-state index in [1.807, 2.05) is 0 Å². The maximum Gasteiger partial charge on any atom is 0.472 e. The van der Waals surface area contributed by atoms with Crippen molar-refractivity contribution in [3.05, 3.63) is 72.9 Å². The summed E-state index contributed by atoms with van der Waals surface area (Å²) >= 11 is 0. The summed E-state index contributed by atoms with van der Waals surface area (Å²) in [5.41, 5.74) is 5.33. The van der Waals surface area contributed by atoms with Crippen LogP contribution < -0.4 is 5.73 Å². The van der Waals surface area contributed by atoms with E-state index in [2.05, 4.69) is 91.3 Å². The molecule has 58 heavy (non-hydrogen) atoms. The summed E-state index contributed by atoms with van der Waals surface area (Å²) in [5.74, 6) is -2.45. The molecule has 0 aliphatic heterocycles. The van der Waals surface area contributed by atoms with Crippen LogP contribution in [0.3, 0.4) is 0 Å². The Morgan fingerprint density at radius 2 is 0.914 bits per heavy atom. The smallest absolute Gasteiger partial charge is 0.472 e. The molecule has 0 amide bonds. The molecule has 0 saturated heterocycles. The van der Waals surface area contributed by atoms with E-state index >= 15 is 0 Å². The van der Waals surface area contributed by atoms with Gasteiger partial charge in [-0.25, -0.2) is 4.57 Å². The van der Waals surface area contributed by atoms with Crippen molar-refractivity contribution in [2.24, 2.45) is 5.73 Å². The van der Waals surface area contributed by atoms with Crippen LogP contribution in [0.1, 0.15) is 168 Å². The van der Waals surface area contributed by atoms with E-state index in [0.717, 1.165) is 83.5 Å². The average Bonchev–Trinajstić information content (AvgIpc) is 3.20. The van der Waals surface area contributed by atoms with Crippen molar-refractivity contribution in [3.8, 4) is 0 Å².